The number of anilines is 1. The Balaban J connectivity index is 2.44. The van der Waals surface area contributed by atoms with Gasteiger partial charge in [0, 0.05) is 24.3 Å². The minimum atomic E-state index is -3.65. The van der Waals surface area contributed by atoms with Crippen molar-refractivity contribution in [3.8, 4) is 0 Å². The van der Waals surface area contributed by atoms with Gasteiger partial charge in [0.2, 0.25) is 10.0 Å². The molecule has 1 saturated heterocycles. The molecule has 19 heavy (non-hydrogen) atoms. The lowest BCUT2D eigenvalue weighted by atomic mass is 10.2. The zero-order chi connectivity index (χ0) is 14.0. The van der Waals surface area contributed by atoms with Crippen molar-refractivity contribution in [2.75, 3.05) is 18.8 Å². The quantitative estimate of drug-likeness (QED) is 0.848. The summed E-state index contributed by atoms with van der Waals surface area (Å²) in [5.41, 5.74) is 5.84. The fraction of sp³-hybridized carbons (Fsp3) is 0.538. The number of benzene rings is 1. The molecule has 0 atom stereocenters. The number of hydrogen-bond donors (Lipinski definition) is 1. The molecule has 0 bridgehead atoms. The van der Waals surface area contributed by atoms with Crippen molar-refractivity contribution < 1.29 is 12.8 Å². The van der Waals surface area contributed by atoms with Gasteiger partial charge >= 0.3 is 0 Å². The minimum absolute atomic E-state index is 0.00750. The molecular weight excluding hydrogens is 267 g/mol. The highest BCUT2D eigenvalue weighted by atomic mass is 32.2. The van der Waals surface area contributed by atoms with Gasteiger partial charge in [-0.05, 0) is 31.9 Å². The second kappa shape index (κ2) is 5.46. The summed E-state index contributed by atoms with van der Waals surface area (Å²) < 4.78 is 40.2. The fourth-order valence-electron chi connectivity index (χ4n) is 2.36. The summed E-state index contributed by atoms with van der Waals surface area (Å²) in [5, 5.41) is 0. The number of sulfonamides is 1. The largest absolute Gasteiger partial charge is 0.399 e. The SMILES string of the molecule is Cc1c(F)cc(N)cc1S(=O)(=O)N1CCCCCC1. The second-order valence-corrected chi connectivity index (χ2v) is 6.85. The second-order valence-electron chi connectivity index (χ2n) is 4.94. The molecule has 1 aliphatic rings. The Morgan fingerprint density at radius 3 is 2.32 bits per heavy atom. The first-order valence-electron chi connectivity index (χ1n) is 6.48. The van der Waals surface area contributed by atoms with Crippen LogP contribution in [0.1, 0.15) is 31.2 Å². The highest BCUT2D eigenvalue weighted by molar-refractivity contribution is 7.89. The third-order valence-electron chi connectivity index (χ3n) is 3.50. The zero-order valence-corrected chi connectivity index (χ0v) is 11.8. The van der Waals surface area contributed by atoms with Gasteiger partial charge in [0.25, 0.3) is 0 Å². The maximum atomic E-state index is 13.7. The summed E-state index contributed by atoms with van der Waals surface area (Å²) in [5.74, 6) is -0.576. The summed E-state index contributed by atoms with van der Waals surface area (Å²) in [7, 11) is -3.65. The average molecular weight is 286 g/mol. The predicted molar refractivity (Wildman–Crippen MR) is 72.8 cm³/mol. The molecule has 0 unspecified atom stereocenters. The van der Waals surface area contributed by atoms with Gasteiger partial charge < -0.3 is 5.73 Å². The standard InChI is InChI=1S/C13H19FN2O2S/c1-10-12(14)8-11(15)9-13(10)19(17,18)16-6-4-2-3-5-7-16/h8-9H,2-7,15H2,1H3. The van der Waals surface area contributed by atoms with Crippen LogP contribution in [0.25, 0.3) is 0 Å². The first kappa shape index (κ1) is 14.3. The first-order chi connectivity index (χ1) is 8.93. The van der Waals surface area contributed by atoms with E-state index in [1.54, 1.807) is 0 Å². The van der Waals surface area contributed by atoms with Gasteiger partial charge in [0.15, 0.2) is 0 Å². The summed E-state index contributed by atoms with van der Waals surface area (Å²) in [6.07, 6.45) is 3.78. The van der Waals surface area contributed by atoms with Crippen LogP contribution in [0.3, 0.4) is 0 Å². The number of nitrogens with two attached hydrogens (primary N) is 1. The molecule has 2 rings (SSSR count). The maximum Gasteiger partial charge on any atom is 0.243 e. The van der Waals surface area contributed by atoms with E-state index in [1.807, 2.05) is 0 Å². The molecule has 1 fully saturated rings. The van der Waals surface area contributed by atoms with Gasteiger partial charge in [0.05, 0.1) is 4.90 Å². The fourth-order valence-corrected chi connectivity index (χ4v) is 4.15. The van der Waals surface area contributed by atoms with E-state index >= 15 is 0 Å². The molecule has 0 spiro atoms. The Bertz CT molecular complexity index is 564. The van der Waals surface area contributed by atoms with Crippen molar-refractivity contribution >= 4 is 15.7 Å². The number of rotatable bonds is 2. The van der Waals surface area contributed by atoms with E-state index in [1.165, 1.54) is 17.3 Å². The van der Waals surface area contributed by atoms with Gasteiger partial charge in [-0.3, -0.25) is 0 Å². The Morgan fingerprint density at radius 1 is 1.16 bits per heavy atom. The highest BCUT2D eigenvalue weighted by Crippen LogP contribution is 2.26. The van der Waals surface area contributed by atoms with E-state index in [2.05, 4.69) is 0 Å². The molecule has 0 aromatic heterocycles. The van der Waals surface area contributed by atoms with Crippen LogP contribution in [0.4, 0.5) is 10.1 Å². The van der Waals surface area contributed by atoms with Crippen LogP contribution in [0.2, 0.25) is 0 Å². The molecule has 0 amide bonds. The van der Waals surface area contributed by atoms with Crippen LogP contribution in [-0.2, 0) is 10.0 Å². The van der Waals surface area contributed by atoms with E-state index in [0.29, 0.717) is 13.1 Å². The van der Waals surface area contributed by atoms with Gasteiger partial charge in [-0.25, -0.2) is 12.8 Å². The number of halogens is 1. The van der Waals surface area contributed by atoms with Crippen molar-refractivity contribution in [3.63, 3.8) is 0 Å². The molecule has 0 radical (unpaired) electrons. The number of nitrogen functional groups attached to an aromatic ring is 1. The van der Waals surface area contributed by atoms with Crippen LogP contribution in [0.5, 0.6) is 0 Å². The molecule has 1 heterocycles. The van der Waals surface area contributed by atoms with Crippen molar-refractivity contribution in [1.29, 1.82) is 0 Å². The van der Waals surface area contributed by atoms with Gasteiger partial charge in [-0.1, -0.05) is 12.8 Å². The maximum absolute atomic E-state index is 13.7. The van der Waals surface area contributed by atoms with Gasteiger partial charge in [-0.15, -0.1) is 0 Å². The molecule has 0 aliphatic carbocycles. The normalized spacial score (nSPS) is 18.2. The predicted octanol–water partition coefficient (Wildman–Crippen LogP) is 2.28. The Kier molecular flexibility index (Phi) is 4.10. The van der Waals surface area contributed by atoms with Crippen LogP contribution < -0.4 is 5.73 Å². The first-order valence-corrected chi connectivity index (χ1v) is 7.92. The van der Waals surface area contributed by atoms with E-state index in [9.17, 15) is 12.8 Å². The lowest BCUT2D eigenvalue weighted by molar-refractivity contribution is 0.423. The smallest absolute Gasteiger partial charge is 0.243 e. The monoisotopic (exact) mass is 286 g/mol. The lowest BCUT2D eigenvalue weighted by Gasteiger charge is -2.21. The molecule has 1 aliphatic heterocycles. The summed E-state index contributed by atoms with van der Waals surface area (Å²) in [4.78, 5) is -0.00750. The Hall–Kier alpha value is -1.14. The van der Waals surface area contributed by atoms with E-state index in [0.717, 1.165) is 31.7 Å². The summed E-state index contributed by atoms with van der Waals surface area (Å²) in [6.45, 7) is 2.47. The van der Waals surface area contributed by atoms with E-state index in [-0.39, 0.29) is 16.1 Å². The number of nitrogens with zero attached hydrogens (tertiary/aromatic N) is 1. The van der Waals surface area contributed by atoms with E-state index in [4.69, 9.17) is 5.73 Å². The molecular formula is C13H19FN2O2S. The third-order valence-corrected chi connectivity index (χ3v) is 5.53. The molecule has 6 heteroatoms. The van der Waals surface area contributed by atoms with Crippen molar-refractivity contribution in [2.24, 2.45) is 0 Å². The molecule has 0 saturated carbocycles. The number of hydrogen-bond acceptors (Lipinski definition) is 3. The molecule has 4 nitrogen and oxygen atoms in total. The minimum Gasteiger partial charge on any atom is -0.399 e. The van der Waals surface area contributed by atoms with Crippen molar-refractivity contribution in [1.82, 2.24) is 4.31 Å². The highest BCUT2D eigenvalue weighted by Gasteiger charge is 2.27. The lowest BCUT2D eigenvalue weighted by Crippen LogP contribution is -2.32. The van der Waals surface area contributed by atoms with Gasteiger partial charge in [0.1, 0.15) is 5.82 Å². The Labute approximate surface area is 113 Å². The molecule has 1 aromatic rings. The summed E-state index contributed by atoms with van der Waals surface area (Å²) >= 11 is 0. The summed E-state index contributed by atoms with van der Waals surface area (Å²) in [6, 6.07) is 2.50. The van der Waals surface area contributed by atoms with Crippen molar-refractivity contribution in [3.05, 3.63) is 23.5 Å². The average Bonchev–Trinajstić information content (AvgIpc) is 2.62. The Morgan fingerprint density at radius 2 is 1.74 bits per heavy atom. The molecule has 106 valence electrons. The topological polar surface area (TPSA) is 63.4 Å². The van der Waals surface area contributed by atoms with Crippen LogP contribution in [-0.4, -0.2) is 25.8 Å². The van der Waals surface area contributed by atoms with Gasteiger partial charge in [-0.2, -0.15) is 4.31 Å². The van der Waals surface area contributed by atoms with Crippen LogP contribution in [0, 0.1) is 12.7 Å². The van der Waals surface area contributed by atoms with Crippen molar-refractivity contribution in [2.45, 2.75) is 37.5 Å². The third kappa shape index (κ3) is 2.90. The zero-order valence-electron chi connectivity index (χ0n) is 11.0. The van der Waals surface area contributed by atoms with Crippen LogP contribution in [0.15, 0.2) is 17.0 Å². The van der Waals surface area contributed by atoms with E-state index < -0.39 is 15.8 Å². The van der Waals surface area contributed by atoms with Crippen LogP contribution >= 0.6 is 0 Å². The molecule has 2 N–H and O–H groups in total. The molecule has 1 aromatic carbocycles.